The monoisotopic (exact) mass is 338 g/mol. The van der Waals surface area contributed by atoms with Crippen LogP contribution in [0, 0.1) is 5.92 Å². The van der Waals surface area contributed by atoms with Gasteiger partial charge in [0.05, 0.1) is 6.10 Å². The summed E-state index contributed by atoms with van der Waals surface area (Å²) in [6, 6.07) is 7.28. The molecular formula is C16H23BrN2O. The Morgan fingerprint density at radius 1 is 1.35 bits per heavy atom. The fourth-order valence-corrected chi connectivity index (χ4v) is 3.22. The van der Waals surface area contributed by atoms with E-state index in [9.17, 15) is 5.11 Å². The first kappa shape index (κ1) is 14.4. The number of hydrogen-bond acceptors (Lipinski definition) is 3. The lowest BCUT2D eigenvalue weighted by atomic mass is 9.95. The van der Waals surface area contributed by atoms with Crippen LogP contribution in [0.1, 0.15) is 31.7 Å². The van der Waals surface area contributed by atoms with Crippen molar-refractivity contribution in [3.8, 4) is 0 Å². The molecule has 0 bridgehead atoms. The van der Waals surface area contributed by atoms with Crippen LogP contribution < -0.4 is 10.2 Å². The van der Waals surface area contributed by atoms with Crippen molar-refractivity contribution >= 4 is 21.6 Å². The number of rotatable bonds is 4. The minimum absolute atomic E-state index is 0.147. The van der Waals surface area contributed by atoms with E-state index in [2.05, 4.69) is 51.3 Å². The van der Waals surface area contributed by atoms with Gasteiger partial charge in [0.2, 0.25) is 0 Å². The molecule has 1 aliphatic heterocycles. The SMILES string of the molecule is CC1CN(c2cc(Br)ccc2CNC2CC2)CCC1O. The van der Waals surface area contributed by atoms with Gasteiger partial charge in [-0.05, 0) is 42.9 Å². The number of anilines is 1. The number of nitrogens with one attached hydrogen (secondary N) is 1. The second-order valence-electron chi connectivity index (χ2n) is 6.21. The average Bonchev–Trinajstić information content (AvgIpc) is 3.24. The van der Waals surface area contributed by atoms with Crippen LogP contribution in [0.15, 0.2) is 22.7 Å². The summed E-state index contributed by atoms with van der Waals surface area (Å²) in [5, 5.41) is 13.5. The molecule has 0 amide bonds. The molecule has 3 nitrogen and oxygen atoms in total. The van der Waals surface area contributed by atoms with Crippen LogP contribution in [0.3, 0.4) is 0 Å². The summed E-state index contributed by atoms with van der Waals surface area (Å²) in [4.78, 5) is 2.42. The molecule has 1 heterocycles. The van der Waals surface area contributed by atoms with E-state index in [4.69, 9.17) is 0 Å². The van der Waals surface area contributed by atoms with Crippen LogP contribution in [0.4, 0.5) is 5.69 Å². The van der Waals surface area contributed by atoms with Crippen LogP contribution in [0.25, 0.3) is 0 Å². The van der Waals surface area contributed by atoms with Gasteiger partial charge in [-0.1, -0.05) is 28.9 Å². The van der Waals surface area contributed by atoms with E-state index in [1.54, 1.807) is 0 Å². The van der Waals surface area contributed by atoms with Gasteiger partial charge < -0.3 is 15.3 Å². The number of halogens is 1. The number of piperidine rings is 1. The highest BCUT2D eigenvalue weighted by atomic mass is 79.9. The Hall–Kier alpha value is -0.580. The summed E-state index contributed by atoms with van der Waals surface area (Å²) in [7, 11) is 0. The van der Waals surface area contributed by atoms with Crippen molar-refractivity contribution in [1.29, 1.82) is 0 Å². The smallest absolute Gasteiger partial charge is 0.0599 e. The Morgan fingerprint density at radius 2 is 2.15 bits per heavy atom. The molecule has 1 saturated heterocycles. The van der Waals surface area contributed by atoms with Crippen LogP contribution in [-0.4, -0.2) is 30.3 Å². The maximum Gasteiger partial charge on any atom is 0.0599 e. The zero-order chi connectivity index (χ0) is 14.1. The van der Waals surface area contributed by atoms with Crippen LogP contribution in [0.2, 0.25) is 0 Å². The molecule has 1 aromatic rings. The predicted molar refractivity (Wildman–Crippen MR) is 86.0 cm³/mol. The highest BCUT2D eigenvalue weighted by Crippen LogP contribution is 2.30. The molecule has 2 N–H and O–H groups in total. The summed E-state index contributed by atoms with van der Waals surface area (Å²) in [6.07, 6.45) is 3.35. The molecule has 4 heteroatoms. The Kier molecular flexibility index (Phi) is 4.34. The van der Waals surface area contributed by atoms with Gasteiger partial charge in [-0.2, -0.15) is 0 Å². The quantitative estimate of drug-likeness (QED) is 0.885. The molecule has 20 heavy (non-hydrogen) atoms. The van der Waals surface area contributed by atoms with Gasteiger partial charge in [0, 0.05) is 35.8 Å². The van der Waals surface area contributed by atoms with Crippen LogP contribution in [0.5, 0.6) is 0 Å². The van der Waals surface area contributed by atoms with E-state index in [1.165, 1.54) is 24.1 Å². The summed E-state index contributed by atoms with van der Waals surface area (Å²) in [5.74, 6) is 0.340. The zero-order valence-electron chi connectivity index (χ0n) is 12.0. The van der Waals surface area contributed by atoms with Gasteiger partial charge >= 0.3 is 0 Å². The molecule has 2 atom stereocenters. The normalized spacial score (nSPS) is 26.9. The van der Waals surface area contributed by atoms with Crippen molar-refractivity contribution < 1.29 is 5.11 Å². The van der Waals surface area contributed by atoms with Gasteiger partial charge in [0.1, 0.15) is 0 Å². The second kappa shape index (κ2) is 6.04. The van der Waals surface area contributed by atoms with Gasteiger partial charge in [-0.3, -0.25) is 0 Å². The molecule has 1 aliphatic carbocycles. The largest absolute Gasteiger partial charge is 0.393 e. The highest BCUT2D eigenvalue weighted by molar-refractivity contribution is 9.10. The van der Waals surface area contributed by atoms with Crippen molar-refractivity contribution in [3.63, 3.8) is 0 Å². The molecule has 2 unspecified atom stereocenters. The van der Waals surface area contributed by atoms with E-state index < -0.39 is 0 Å². The minimum Gasteiger partial charge on any atom is -0.393 e. The van der Waals surface area contributed by atoms with Crippen molar-refractivity contribution in [1.82, 2.24) is 5.32 Å². The number of hydrogen-bond donors (Lipinski definition) is 2. The topological polar surface area (TPSA) is 35.5 Å². The van der Waals surface area contributed by atoms with E-state index in [1.807, 2.05) is 0 Å². The molecule has 110 valence electrons. The van der Waals surface area contributed by atoms with Crippen molar-refractivity contribution in [2.24, 2.45) is 5.92 Å². The maximum absolute atomic E-state index is 9.90. The number of nitrogens with zero attached hydrogens (tertiary/aromatic N) is 1. The third kappa shape index (κ3) is 3.35. The molecule has 0 aromatic heterocycles. The molecule has 2 aliphatic rings. The highest BCUT2D eigenvalue weighted by Gasteiger charge is 2.26. The number of aliphatic hydroxyl groups is 1. The first-order valence-electron chi connectivity index (χ1n) is 7.58. The predicted octanol–water partition coefficient (Wildman–Crippen LogP) is 2.91. The van der Waals surface area contributed by atoms with E-state index in [-0.39, 0.29) is 6.10 Å². The zero-order valence-corrected chi connectivity index (χ0v) is 13.6. The van der Waals surface area contributed by atoms with Crippen molar-refractivity contribution in [3.05, 3.63) is 28.2 Å². The first-order chi connectivity index (χ1) is 9.63. The lowest BCUT2D eigenvalue weighted by Gasteiger charge is -2.37. The van der Waals surface area contributed by atoms with E-state index in [0.717, 1.165) is 36.6 Å². The molecule has 2 fully saturated rings. The van der Waals surface area contributed by atoms with Gasteiger partial charge in [0.25, 0.3) is 0 Å². The van der Waals surface area contributed by atoms with Crippen LogP contribution >= 0.6 is 15.9 Å². The average molecular weight is 339 g/mol. The molecule has 1 saturated carbocycles. The third-order valence-corrected chi connectivity index (χ3v) is 4.90. The molecular weight excluding hydrogens is 316 g/mol. The first-order valence-corrected chi connectivity index (χ1v) is 8.37. The Morgan fingerprint density at radius 3 is 2.85 bits per heavy atom. The minimum atomic E-state index is -0.147. The van der Waals surface area contributed by atoms with E-state index in [0.29, 0.717) is 5.92 Å². The van der Waals surface area contributed by atoms with Crippen molar-refractivity contribution in [2.45, 2.75) is 44.9 Å². The maximum atomic E-state index is 9.90. The number of benzene rings is 1. The molecule has 0 spiro atoms. The number of aliphatic hydroxyl groups excluding tert-OH is 1. The fraction of sp³-hybridized carbons (Fsp3) is 0.625. The van der Waals surface area contributed by atoms with Crippen LogP contribution in [-0.2, 0) is 6.54 Å². The molecule has 1 aromatic carbocycles. The summed E-state index contributed by atoms with van der Waals surface area (Å²) in [5.41, 5.74) is 2.68. The second-order valence-corrected chi connectivity index (χ2v) is 7.12. The summed E-state index contributed by atoms with van der Waals surface area (Å²) >= 11 is 3.59. The van der Waals surface area contributed by atoms with Gasteiger partial charge in [-0.25, -0.2) is 0 Å². The summed E-state index contributed by atoms with van der Waals surface area (Å²) < 4.78 is 1.13. The van der Waals surface area contributed by atoms with E-state index >= 15 is 0 Å². The third-order valence-electron chi connectivity index (χ3n) is 4.41. The molecule has 3 rings (SSSR count). The fourth-order valence-electron chi connectivity index (χ4n) is 2.87. The molecule has 0 radical (unpaired) electrons. The van der Waals surface area contributed by atoms with Gasteiger partial charge in [-0.15, -0.1) is 0 Å². The Labute approximate surface area is 129 Å². The van der Waals surface area contributed by atoms with Gasteiger partial charge in [0.15, 0.2) is 0 Å². The lowest BCUT2D eigenvalue weighted by Crippen LogP contribution is -2.42. The summed E-state index contributed by atoms with van der Waals surface area (Å²) in [6.45, 7) is 4.96. The van der Waals surface area contributed by atoms with Crippen molar-refractivity contribution in [2.75, 3.05) is 18.0 Å². The Bertz CT molecular complexity index is 476. The lowest BCUT2D eigenvalue weighted by molar-refractivity contribution is 0.0970. The standard InChI is InChI=1S/C16H23BrN2O/c1-11-10-19(7-6-16(11)20)15-8-13(17)3-2-12(15)9-18-14-4-5-14/h2-3,8,11,14,16,18,20H,4-7,9-10H2,1H3. The Balaban J connectivity index is 1.77.